The average molecular weight is 333 g/mol. The van der Waals surface area contributed by atoms with Gasteiger partial charge >= 0.3 is 0 Å². The van der Waals surface area contributed by atoms with Crippen molar-refractivity contribution in [1.82, 2.24) is 10.6 Å². The predicted octanol–water partition coefficient (Wildman–Crippen LogP) is 3.38. The zero-order valence-corrected chi connectivity index (χ0v) is 15.9. The molecule has 0 aromatic heterocycles. The van der Waals surface area contributed by atoms with Crippen molar-refractivity contribution in [2.24, 2.45) is 11.8 Å². The molecule has 2 amide bonds. The van der Waals surface area contributed by atoms with Gasteiger partial charge in [0.1, 0.15) is 6.04 Å². The second-order valence-electron chi connectivity index (χ2n) is 6.41. The molecule has 5 nitrogen and oxygen atoms in total. The second-order valence-corrected chi connectivity index (χ2v) is 6.41. The number of nitrogens with one attached hydrogen (secondary N) is 2. The van der Waals surface area contributed by atoms with E-state index in [4.69, 9.17) is 4.74 Å². The molecule has 0 aliphatic carbocycles. The molecule has 2 N–H and O–H groups in total. The Hall–Kier alpha value is -1.10. The Bertz CT molecular complexity index is 370. The molecule has 0 bridgehead atoms. The first-order valence-corrected chi connectivity index (χ1v) is 8.99. The van der Waals surface area contributed by atoms with Crippen LogP contribution in [0.4, 0.5) is 0 Å². The highest BCUT2D eigenvalue weighted by atomic mass is 16.5. The summed E-state index contributed by atoms with van der Waals surface area (Å²) in [5, 5.41) is 5.45. The van der Waals surface area contributed by atoms with Gasteiger partial charge in [-0.25, -0.2) is 0 Å². The molecule has 0 aliphatic rings. The van der Waals surface area contributed by atoms with E-state index in [1.807, 2.05) is 20.8 Å². The van der Waals surface area contributed by atoms with Gasteiger partial charge < -0.3 is 15.4 Å². The minimum Gasteiger partial charge on any atom is -0.373 e. The summed E-state index contributed by atoms with van der Waals surface area (Å²) in [6, 6.07) is -0.664. The van der Waals surface area contributed by atoms with Gasteiger partial charge in [-0.3, -0.25) is 9.59 Å². The molecule has 23 heavy (non-hydrogen) atoms. The summed E-state index contributed by atoms with van der Waals surface area (Å²) >= 11 is 0. The molecule has 0 aromatic rings. The third-order valence-electron chi connectivity index (χ3n) is 4.63. The molecule has 0 spiro atoms. The molecular formula is C18H40N2O3. The fourth-order valence-electron chi connectivity index (χ4n) is 2.70. The van der Waals surface area contributed by atoms with Crippen molar-refractivity contribution in [1.29, 1.82) is 0 Å². The van der Waals surface area contributed by atoms with Crippen LogP contribution in [-0.2, 0) is 14.3 Å². The summed E-state index contributed by atoms with van der Waals surface area (Å²) in [6.07, 6.45) is 3.70. The number of amides is 2. The van der Waals surface area contributed by atoms with E-state index in [1.54, 1.807) is 7.05 Å². The number of carbonyl (C=O) groups is 2. The van der Waals surface area contributed by atoms with Crippen LogP contribution >= 0.6 is 0 Å². The molecule has 140 valence electrons. The van der Waals surface area contributed by atoms with Crippen molar-refractivity contribution in [2.75, 3.05) is 7.05 Å². The Kier molecular flexibility index (Phi) is 10.9. The summed E-state index contributed by atoms with van der Waals surface area (Å²) in [7, 11) is 1.58. The molecule has 0 aliphatic heterocycles. The van der Waals surface area contributed by atoms with Gasteiger partial charge in [-0.2, -0.15) is 0 Å². The van der Waals surface area contributed by atoms with E-state index < -0.39 is 6.04 Å². The molecule has 0 fully saturated rings. The number of likely N-dealkylation sites (N-methyl/N-ethyl adjacent to an activating group) is 1. The highest BCUT2D eigenvalue weighted by Crippen LogP contribution is 2.20. The van der Waals surface area contributed by atoms with Crippen molar-refractivity contribution >= 4 is 11.8 Å². The number of carbonyl (C=O) groups excluding carboxylic acids is 2. The number of hydrogen-bond acceptors (Lipinski definition) is 3. The van der Waals surface area contributed by atoms with Crippen LogP contribution in [0.1, 0.15) is 70.1 Å². The van der Waals surface area contributed by atoms with E-state index in [-0.39, 0.29) is 32.8 Å². The monoisotopic (exact) mass is 332 g/mol. The first kappa shape index (κ1) is 21.9. The van der Waals surface area contributed by atoms with E-state index >= 15 is 0 Å². The quantitative estimate of drug-likeness (QED) is 0.609. The minimum absolute atomic E-state index is 0. The zero-order chi connectivity index (χ0) is 18.0. The first-order chi connectivity index (χ1) is 10.8. The van der Waals surface area contributed by atoms with E-state index in [0.717, 1.165) is 25.7 Å². The van der Waals surface area contributed by atoms with Crippen LogP contribution in [-0.4, -0.2) is 37.1 Å². The van der Waals surface area contributed by atoms with Gasteiger partial charge in [0.05, 0.1) is 12.2 Å². The molecule has 0 aromatic carbocycles. The van der Waals surface area contributed by atoms with Crippen LogP contribution in [0.5, 0.6) is 0 Å². The lowest BCUT2D eigenvalue weighted by Crippen LogP contribution is -2.54. The standard InChI is InChI=1S/C18H36N2O3.2H2/c1-8-11-15(10-3)13(5)23-14(6)16(18(22)19-7)20-17(21)12(4)9-2;;/h12-16H,8-11H2,1-7H3,(H,19,22)(H,20,21);2*1H. The molecule has 0 saturated heterocycles. The van der Waals surface area contributed by atoms with Gasteiger partial charge in [0.25, 0.3) is 0 Å². The molecular weight excluding hydrogens is 292 g/mol. The zero-order valence-electron chi connectivity index (χ0n) is 15.9. The third-order valence-corrected chi connectivity index (χ3v) is 4.63. The number of ether oxygens (including phenoxy) is 1. The fourth-order valence-corrected chi connectivity index (χ4v) is 2.70. The summed E-state index contributed by atoms with van der Waals surface area (Å²) in [4.78, 5) is 24.3. The van der Waals surface area contributed by atoms with Crippen LogP contribution in [0.2, 0.25) is 0 Å². The summed E-state index contributed by atoms with van der Waals surface area (Å²) in [5.74, 6) is 0.0306. The first-order valence-electron chi connectivity index (χ1n) is 8.99. The molecule has 5 unspecified atom stereocenters. The summed E-state index contributed by atoms with van der Waals surface area (Å²) < 4.78 is 6.08. The van der Waals surface area contributed by atoms with Gasteiger partial charge in [-0.05, 0) is 32.6 Å². The highest BCUT2D eigenvalue weighted by Gasteiger charge is 2.30. The smallest absolute Gasteiger partial charge is 0.245 e. The minimum atomic E-state index is -0.664. The van der Waals surface area contributed by atoms with Gasteiger partial charge in [-0.1, -0.05) is 40.5 Å². The van der Waals surface area contributed by atoms with E-state index in [9.17, 15) is 9.59 Å². The maximum Gasteiger partial charge on any atom is 0.245 e. The Labute approximate surface area is 144 Å². The van der Waals surface area contributed by atoms with Gasteiger partial charge in [0.15, 0.2) is 0 Å². The lowest BCUT2D eigenvalue weighted by molar-refractivity contribution is -0.136. The van der Waals surface area contributed by atoms with Gasteiger partial charge in [0, 0.05) is 15.8 Å². The van der Waals surface area contributed by atoms with Crippen LogP contribution in [0.15, 0.2) is 0 Å². The Balaban J connectivity index is -0.00000242. The van der Waals surface area contributed by atoms with E-state index in [2.05, 4.69) is 31.4 Å². The predicted molar refractivity (Wildman–Crippen MR) is 98.4 cm³/mol. The highest BCUT2D eigenvalue weighted by molar-refractivity contribution is 5.88. The van der Waals surface area contributed by atoms with Crippen molar-refractivity contribution < 1.29 is 17.2 Å². The molecule has 0 radical (unpaired) electrons. The summed E-state index contributed by atoms with van der Waals surface area (Å²) in [5.41, 5.74) is 0. The molecule has 0 saturated carbocycles. The number of hydrogen-bond donors (Lipinski definition) is 2. The van der Waals surface area contributed by atoms with Crippen LogP contribution in [0.3, 0.4) is 0 Å². The van der Waals surface area contributed by atoms with Crippen molar-refractivity contribution in [3.63, 3.8) is 0 Å². The van der Waals surface area contributed by atoms with Crippen LogP contribution in [0, 0.1) is 11.8 Å². The van der Waals surface area contributed by atoms with Crippen LogP contribution < -0.4 is 10.6 Å². The Morgan fingerprint density at radius 1 is 1.00 bits per heavy atom. The molecule has 0 rings (SSSR count). The lowest BCUT2D eigenvalue weighted by Gasteiger charge is -2.30. The average Bonchev–Trinajstić information content (AvgIpc) is 2.55. The maximum absolute atomic E-state index is 12.1. The number of rotatable bonds is 11. The topological polar surface area (TPSA) is 67.4 Å². The third kappa shape index (κ3) is 7.34. The molecule has 0 heterocycles. The molecule has 5 atom stereocenters. The largest absolute Gasteiger partial charge is 0.373 e. The Morgan fingerprint density at radius 3 is 2.04 bits per heavy atom. The van der Waals surface area contributed by atoms with Crippen molar-refractivity contribution in [3.8, 4) is 0 Å². The maximum atomic E-state index is 12.1. The summed E-state index contributed by atoms with van der Waals surface area (Å²) in [6.45, 7) is 12.0. The SMILES string of the molecule is CCCC(CC)C(C)OC(C)C(NC(=O)C(C)CC)C(=O)NC.[HH].[HH]. The van der Waals surface area contributed by atoms with E-state index in [1.165, 1.54) is 0 Å². The van der Waals surface area contributed by atoms with Crippen molar-refractivity contribution in [2.45, 2.75) is 85.5 Å². The lowest BCUT2D eigenvalue weighted by atomic mass is 9.95. The second kappa shape index (κ2) is 11.4. The fraction of sp³-hybridized carbons (Fsp3) is 0.889. The molecule has 5 heteroatoms. The van der Waals surface area contributed by atoms with Gasteiger partial charge in [-0.15, -0.1) is 0 Å². The van der Waals surface area contributed by atoms with Crippen molar-refractivity contribution in [3.05, 3.63) is 0 Å². The van der Waals surface area contributed by atoms with Crippen LogP contribution in [0.25, 0.3) is 0 Å². The Morgan fingerprint density at radius 2 is 1.61 bits per heavy atom. The normalized spacial score (nSPS) is 17.7. The van der Waals surface area contributed by atoms with E-state index in [0.29, 0.717) is 5.92 Å². The van der Waals surface area contributed by atoms with Gasteiger partial charge in [0.2, 0.25) is 11.8 Å².